The largest absolute Gasteiger partial charge is 0.490 e. The topological polar surface area (TPSA) is 44.5 Å². The molecule has 0 aromatic heterocycles. The lowest BCUT2D eigenvalue weighted by Crippen LogP contribution is -2.16. The SMILES string of the molecule is CCOc1ccc(C(N)C(C)C)cc1OCC. The van der Waals surface area contributed by atoms with Crippen LogP contribution in [0.25, 0.3) is 0 Å². The zero-order chi connectivity index (χ0) is 12.8. The summed E-state index contributed by atoms with van der Waals surface area (Å²) in [6, 6.07) is 5.97. The van der Waals surface area contributed by atoms with Crippen molar-refractivity contribution in [1.82, 2.24) is 0 Å². The predicted octanol–water partition coefficient (Wildman–Crippen LogP) is 3.14. The maximum absolute atomic E-state index is 6.13. The van der Waals surface area contributed by atoms with Gasteiger partial charge in [-0.2, -0.15) is 0 Å². The van der Waals surface area contributed by atoms with Crippen LogP contribution in [-0.4, -0.2) is 13.2 Å². The molecule has 0 saturated heterocycles. The Balaban J connectivity index is 3.00. The van der Waals surface area contributed by atoms with Gasteiger partial charge in [0.1, 0.15) is 0 Å². The van der Waals surface area contributed by atoms with E-state index < -0.39 is 0 Å². The van der Waals surface area contributed by atoms with E-state index in [1.54, 1.807) is 0 Å². The van der Waals surface area contributed by atoms with Crippen LogP contribution in [0.4, 0.5) is 0 Å². The number of rotatable bonds is 6. The van der Waals surface area contributed by atoms with Crippen LogP contribution in [0.15, 0.2) is 18.2 Å². The highest BCUT2D eigenvalue weighted by molar-refractivity contribution is 5.44. The van der Waals surface area contributed by atoms with E-state index in [1.807, 2.05) is 32.0 Å². The van der Waals surface area contributed by atoms with Crippen molar-refractivity contribution in [1.29, 1.82) is 0 Å². The van der Waals surface area contributed by atoms with Crippen LogP contribution in [0.1, 0.15) is 39.3 Å². The molecule has 0 heterocycles. The molecule has 0 fully saturated rings. The Morgan fingerprint density at radius 2 is 1.65 bits per heavy atom. The number of ether oxygens (including phenoxy) is 2. The van der Waals surface area contributed by atoms with E-state index in [0.717, 1.165) is 17.1 Å². The summed E-state index contributed by atoms with van der Waals surface area (Å²) >= 11 is 0. The van der Waals surface area contributed by atoms with Gasteiger partial charge in [-0.15, -0.1) is 0 Å². The fraction of sp³-hybridized carbons (Fsp3) is 0.571. The first-order valence-corrected chi connectivity index (χ1v) is 6.25. The molecule has 0 amide bonds. The van der Waals surface area contributed by atoms with Crippen molar-refractivity contribution in [3.8, 4) is 11.5 Å². The molecule has 3 heteroatoms. The van der Waals surface area contributed by atoms with E-state index in [1.165, 1.54) is 0 Å². The van der Waals surface area contributed by atoms with E-state index in [4.69, 9.17) is 15.2 Å². The minimum Gasteiger partial charge on any atom is -0.490 e. The van der Waals surface area contributed by atoms with Gasteiger partial charge in [-0.1, -0.05) is 19.9 Å². The van der Waals surface area contributed by atoms with Crippen LogP contribution in [0.2, 0.25) is 0 Å². The molecular weight excluding hydrogens is 214 g/mol. The minimum absolute atomic E-state index is 0.0323. The molecule has 0 bridgehead atoms. The summed E-state index contributed by atoms with van der Waals surface area (Å²) in [6.45, 7) is 9.41. The van der Waals surface area contributed by atoms with Crippen molar-refractivity contribution >= 4 is 0 Å². The van der Waals surface area contributed by atoms with E-state index in [2.05, 4.69) is 13.8 Å². The number of hydrogen-bond donors (Lipinski definition) is 1. The first-order valence-electron chi connectivity index (χ1n) is 6.25. The van der Waals surface area contributed by atoms with Crippen molar-refractivity contribution in [3.63, 3.8) is 0 Å². The Hall–Kier alpha value is -1.22. The van der Waals surface area contributed by atoms with Crippen molar-refractivity contribution in [3.05, 3.63) is 23.8 Å². The van der Waals surface area contributed by atoms with Gasteiger partial charge in [0.15, 0.2) is 11.5 Å². The summed E-state index contributed by atoms with van der Waals surface area (Å²) in [5.41, 5.74) is 7.22. The van der Waals surface area contributed by atoms with E-state index in [-0.39, 0.29) is 6.04 Å². The average molecular weight is 237 g/mol. The lowest BCUT2D eigenvalue weighted by molar-refractivity contribution is 0.287. The van der Waals surface area contributed by atoms with Gasteiger partial charge in [0, 0.05) is 6.04 Å². The third kappa shape index (κ3) is 3.63. The normalized spacial score (nSPS) is 12.6. The summed E-state index contributed by atoms with van der Waals surface area (Å²) in [5, 5.41) is 0. The molecule has 0 spiro atoms. The summed E-state index contributed by atoms with van der Waals surface area (Å²) in [4.78, 5) is 0. The second kappa shape index (κ2) is 6.50. The fourth-order valence-electron chi connectivity index (χ4n) is 1.66. The number of benzene rings is 1. The summed E-state index contributed by atoms with van der Waals surface area (Å²) in [5.74, 6) is 1.97. The van der Waals surface area contributed by atoms with Crippen LogP contribution in [0, 0.1) is 5.92 Å². The lowest BCUT2D eigenvalue weighted by atomic mass is 9.97. The van der Waals surface area contributed by atoms with Crippen LogP contribution >= 0.6 is 0 Å². The Morgan fingerprint density at radius 1 is 1.06 bits per heavy atom. The highest BCUT2D eigenvalue weighted by atomic mass is 16.5. The molecule has 3 nitrogen and oxygen atoms in total. The molecule has 1 aromatic rings. The quantitative estimate of drug-likeness (QED) is 0.826. The maximum Gasteiger partial charge on any atom is 0.161 e. The summed E-state index contributed by atoms with van der Waals surface area (Å²) in [6.07, 6.45) is 0. The molecule has 1 aromatic carbocycles. The summed E-state index contributed by atoms with van der Waals surface area (Å²) in [7, 11) is 0. The molecule has 1 atom stereocenters. The van der Waals surface area contributed by atoms with Crippen molar-refractivity contribution in [2.24, 2.45) is 11.7 Å². The Morgan fingerprint density at radius 3 is 2.18 bits per heavy atom. The molecule has 0 saturated carbocycles. The third-order valence-corrected chi connectivity index (χ3v) is 2.67. The van der Waals surface area contributed by atoms with Gasteiger partial charge in [-0.3, -0.25) is 0 Å². The average Bonchev–Trinajstić information content (AvgIpc) is 2.31. The van der Waals surface area contributed by atoms with Gasteiger partial charge in [-0.05, 0) is 37.5 Å². The molecular formula is C14H23NO2. The summed E-state index contributed by atoms with van der Waals surface area (Å²) < 4.78 is 11.1. The molecule has 0 aliphatic carbocycles. The van der Waals surface area contributed by atoms with Crippen LogP contribution in [0.3, 0.4) is 0 Å². The van der Waals surface area contributed by atoms with E-state index in [0.29, 0.717) is 19.1 Å². The van der Waals surface area contributed by atoms with Crippen LogP contribution in [0.5, 0.6) is 11.5 Å². The first kappa shape index (κ1) is 13.8. The zero-order valence-electron chi connectivity index (χ0n) is 11.2. The van der Waals surface area contributed by atoms with Gasteiger partial charge in [-0.25, -0.2) is 0 Å². The molecule has 2 N–H and O–H groups in total. The smallest absolute Gasteiger partial charge is 0.161 e. The molecule has 96 valence electrons. The Kier molecular flexibility index (Phi) is 5.29. The second-order valence-electron chi connectivity index (χ2n) is 4.34. The third-order valence-electron chi connectivity index (χ3n) is 2.67. The number of nitrogens with two attached hydrogens (primary N) is 1. The zero-order valence-corrected chi connectivity index (χ0v) is 11.2. The molecule has 1 rings (SSSR count). The Labute approximate surface area is 104 Å². The van der Waals surface area contributed by atoms with E-state index in [9.17, 15) is 0 Å². The Bertz CT molecular complexity index is 350. The van der Waals surface area contributed by atoms with Gasteiger partial charge in [0.05, 0.1) is 13.2 Å². The molecule has 1 unspecified atom stereocenters. The predicted molar refractivity (Wildman–Crippen MR) is 70.5 cm³/mol. The lowest BCUT2D eigenvalue weighted by Gasteiger charge is -2.18. The van der Waals surface area contributed by atoms with Gasteiger partial charge in [0.25, 0.3) is 0 Å². The first-order chi connectivity index (χ1) is 8.10. The van der Waals surface area contributed by atoms with Gasteiger partial charge >= 0.3 is 0 Å². The van der Waals surface area contributed by atoms with Crippen molar-refractivity contribution in [2.75, 3.05) is 13.2 Å². The van der Waals surface area contributed by atoms with Crippen molar-refractivity contribution < 1.29 is 9.47 Å². The van der Waals surface area contributed by atoms with Crippen LogP contribution < -0.4 is 15.2 Å². The fourth-order valence-corrected chi connectivity index (χ4v) is 1.66. The highest BCUT2D eigenvalue weighted by Gasteiger charge is 2.13. The molecule has 0 aliphatic heterocycles. The molecule has 0 aliphatic rings. The standard InChI is InChI=1S/C14H23NO2/c1-5-16-12-8-7-11(14(15)10(3)4)9-13(12)17-6-2/h7-10,14H,5-6,15H2,1-4H3. The molecule has 17 heavy (non-hydrogen) atoms. The number of hydrogen-bond acceptors (Lipinski definition) is 3. The van der Waals surface area contributed by atoms with Crippen LogP contribution in [-0.2, 0) is 0 Å². The minimum atomic E-state index is 0.0323. The maximum atomic E-state index is 6.13. The highest BCUT2D eigenvalue weighted by Crippen LogP contribution is 2.31. The second-order valence-corrected chi connectivity index (χ2v) is 4.34. The van der Waals surface area contributed by atoms with Gasteiger partial charge in [0.2, 0.25) is 0 Å². The van der Waals surface area contributed by atoms with E-state index >= 15 is 0 Å². The molecule has 0 radical (unpaired) electrons. The van der Waals surface area contributed by atoms with Gasteiger partial charge < -0.3 is 15.2 Å². The van der Waals surface area contributed by atoms with Crippen molar-refractivity contribution in [2.45, 2.75) is 33.7 Å². The monoisotopic (exact) mass is 237 g/mol.